The summed E-state index contributed by atoms with van der Waals surface area (Å²) in [5.74, 6) is 0. The molecule has 1 N–H and O–H groups in total. The Kier molecular flexibility index (Phi) is 3.51. The molecule has 0 aliphatic carbocycles. The molecule has 2 nitrogen and oxygen atoms in total. The third-order valence-corrected chi connectivity index (χ3v) is 3.57. The topological polar surface area (TPSA) is 23.5 Å². The molecule has 1 heterocycles. The van der Waals surface area contributed by atoms with Crippen molar-refractivity contribution in [1.82, 2.24) is 0 Å². The van der Waals surface area contributed by atoms with Crippen LogP contribution in [0, 0.1) is 5.41 Å². The fourth-order valence-electron chi connectivity index (χ4n) is 2.50. The molecule has 5 heteroatoms. The smallest absolute Gasteiger partial charge is 0.392 e. The van der Waals surface area contributed by atoms with Crippen LogP contribution in [-0.2, 0) is 12.8 Å². The Morgan fingerprint density at radius 1 is 1.32 bits per heavy atom. The molecule has 0 atom stereocenters. The van der Waals surface area contributed by atoms with E-state index < -0.39 is 11.7 Å². The molecule has 0 radical (unpaired) electrons. The SMILES string of the molecule is CC1(C)CCN(c2ccc(CO)cc2C(F)(F)F)C1. The molecule has 1 aromatic carbocycles. The zero-order valence-electron chi connectivity index (χ0n) is 11.1. The molecule has 0 unspecified atom stereocenters. The standard InChI is InChI=1S/C14H18F3NO/c1-13(2)5-6-18(9-13)12-4-3-10(8-19)7-11(12)14(15,16)17/h3-4,7,19H,5-6,8-9H2,1-2H3. The molecule has 1 saturated heterocycles. The lowest BCUT2D eigenvalue weighted by molar-refractivity contribution is -0.137. The first-order valence-corrected chi connectivity index (χ1v) is 6.29. The second kappa shape index (κ2) is 4.71. The van der Waals surface area contributed by atoms with Gasteiger partial charge in [-0.15, -0.1) is 0 Å². The van der Waals surface area contributed by atoms with Crippen molar-refractivity contribution in [3.05, 3.63) is 29.3 Å². The van der Waals surface area contributed by atoms with Crippen LogP contribution in [0.3, 0.4) is 0 Å². The predicted molar refractivity (Wildman–Crippen MR) is 68.0 cm³/mol. The summed E-state index contributed by atoms with van der Waals surface area (Å²) in [7, 11) is 0. The van der Waals surface area contributed by atoms with Crippen molar-refractivity contribution < 1.29 is 18.3 Å². The Morgan fingerprint density at radius 3 is 2.47 bits per heavy atom. The first-order chi connectivity index (χ1) is 8.73. The average Bonchev–Trinajstić information content (AvgIpc) is 2.67. The summed E-state index contributed by atoms with van der Waals surface area (Å²) in [5, 5.41) is 8.99. The number of alkyl halides is 3. The van der Waals surface area contributed by atoms with Gasteiger partial charge in [-0.25, -0.2) is 0 Å². The minimum absolute atomic E-state index is 0.0402. The summed E-state index contributed by atoms with van der Waals surface area (Å²) in [6, 6.07) is 4.06. The zero-order valence-corrected chi connectivity index (χ0v) is 11.1. The first-order valence-electron chi connectivity index (χ1n) is 6.29. The quantitative estimate of drug-likeness (QED) is 0.892. The molecule has 19 heavy (non-hydrogen) atoms. The van der Waals surface area contributed by atoms with E-state index in [-0.39, 0.29) is 23.3 Å². The van der Waals surface area contributed by atoms with E-state index in [0.717, 1.165) is 12.5 Å². The highest BCUT2D eigenvalue weighted by Crippen LogP contribution is 2.40. The maximum absolute atomic E-state index is 13.1. The minimum Gasteiger partial charge on any atom is -0.392 e. The Labute approximate surface area is 110 Å². The Balaban J connectivity index is 2.40. The number of nitrogens with zero attached hydrogens (tertiary/aromatic N) is 1. The van der Waals surface area contributed by atoms with Gasteiger partial charge in [0.2, 0.25) is 0 Å². The molecule has 1 fully saturated rings. The third-order valence-electron chi connectivity index (χ3n) is 3.57. The van der Waals surface area contributed by atoms with Crippen LogP contribution in [0.25, 0.3) is 0 Å². The van der Waals surface area contributed by atoms with E-state index in [4.69, 9.17) is 5.11 Å². The molecule has 1 aromatic rings. The molecule has 1 aliphatic rings. The van der Waals surface area contributed by atoms with Crippen molar-refractivity contribution >= 4 is 5.69 Å². The number of halogens is 3. The van der Waals surface area contributed by atoms with E-state index in [1.807, 2.05) is 0 Å². The van der Waals surface area contributed by atoms with Crippen LogP contribution in [0.2, 0.25) is 0 Å². The van der Waals surface area contributed by atoms with Gasteiger partial charge in [-0.1, -0.05) is 19.9 Å². The van der Waals surface area contributed by atoms with Gasteiger partial charge in [-0.2, -0.15) is 13.2 Å². The summed E-state index contributed by atoms with van der Waals surface area (Å²) in [4.78, 5) is 1.78. The Morgan fingerprint density at radius 2 is 2.00 bits per heavy atom. The van der Waals surface area contributed by atoms with Crippen LogP contribution >= 0.6 is 0 Å². The summed E-state index contributed by atoms with van der Waals surface area (Å²) in [5.41, 5.74) is -0.111. The molecule has 0 saturated carbocycles. The van der Waals surface area contributed by atoms with Crippen LogP contribution in [0.1, 0.15) is 31.4 Å². The lowest BCUT2D eigenvalue weighted by atomic mass is 9.93. The maximum atomic E-state index is 13.1. The predicted octanol–water partition coefficient (Wildman–Crippen LogP) is 3.43. The summed E-state index contributed by atoms with van der Waals surface area (Å²) >= 11 is 0. The summed E-state index contributed by atoms with van der Waals surface area (Å²) < 4.78 is 39.3. The molecule has 1 aliphatic heterocycles. The Bertz CT molecular complexity index is 468. The van der Waals surface area contributed by atoms with Gasteiger partial charge in [-0.05, 0) is 29.5 Å². The van der Waals surface area contributed by atoms with Crippen molar-refractivity contribution in [2.75, 3.05) is 18.0 Å². The van der Waals surface area contributed by atoms with Gasteiger partial charge in [0.05, 0.1) is 12.2 Å². The molecule has 2 rings (SSSR count). The summed E-state index contributed by atoms with van der Waals surface area (Å²) in [6.07, 6.45) is -3.51. The number of rotatable bonds is 2. The lowest BCUT2D eigenvalue weighted by Gasteiger charge is -2.25. The van der Waals surface area contributed by atoms with Gasteiger partial charge >= 0.3 is 6.18 Å². The fourth-order valence-corrected chi connectivity index (χ4v) is 2.50. The molecule has 0 spiro atoms. The number of aliphatic hydroxyl groups excluding tert-OH is 1. The van der Waals surface area contributed by atoms with E-state index in [2.05, 4.69) is 13.8 Å². The van der Waals surface area contributed by atoms with Gasteiger partial charge in [0, 0.05) is 18.8 Å². The van der Waals surface area contributed by atoms with Crippen molar-refractivity contribution in [3.63, 3.8) is 0 Å². The fraction of sp³-hybridized carbons (Fsp3) is 0.571. The second-order valence-corrected chi connectivity index (χ2v) is 5.84. The highest BCUT2D eigenvalue weighted by atomic mass is 19.4. The number of benzene rings is 1. The molecule has 106 valence electrons. The number of hydrogen-bond donors (Lipinski definition) is 1. The van der Waals surface area contributed by atoms with Crippen LogP contribution in [0.15, 0.2) is 18.2 Å². The van der Waals surface area contributed by atoms with Crippen LogP contribution in [0.5, 0.6) is 0 Å². The Hall–Kier alpha value is -1.23. The molecular weight excluding hydrogens is 255 g/mol. The molecular formula is C14H18F3NO. The number of anilines is 1. The van der Waals surface area contributed by atoms with E-state index in [1.165, 1.54) is 6.07 Å². The van der Waals surface area contributed by atoms with Crippen molar-refractivity contribution in [3.8, 4) is 0 Å². The van der Waals surface area contributed by atoms with Gasteiger partial charge in [-0.3, -0.25) is 0 Å². The van der Waals surface area contributed by atoms with Gasteiger partial charge in [0.25, 0.3) is 0 Å². The van der Waals surface area contributed by atoms with E-state index in [9.17, 15) is 13.2 Å². The highest BCUT2D eigenvalue weighted by Gasteiger charge is 2.38. The monoisotopic (exact) mass is 273 g/mol. The van der Waals surface area contributed by atoms with Gasteiger partial charge < -0.3 is 10.0 Å². The largest absolute Gasteiger partial charge is 0.418 e. The molecule has 0 bridgehead atoms. The highest BCUT2D eigenvalue weighted by molar-refractivity contribution is 5.57. The summed E-state index contributed by atoms with van der Waals surface area (Å²) in [6.45, 7) is 4.99. The van der Waals surface area contributed by atoms with Crippen molar-refractivity contribution in [1.29, 1.82) is 0 Å². The third kappa shape index (κ3) is 3.03. The van der Waals surface area contributed by atoms with Crippen LogP contribution < -0.4 is 4.90 Å². The van der Waals surface area contributed by atoms with Gasteiger partial charge in [0.1, 0.15) is 0 Å². The first kappa shape index (κ1) is 14.2. The van der Waals surface area contributed by atoms with Crippen molar-refractivity contribution in [2.24, 2.45) is 5.41 Å². The average molecular weight is 273 g/mol. The number of aliphatic hydroxyl groups is 1. The second-order valence-electron chi connectivity index (χ2n) is 5.84. The van der Waals surface area contributed by atoms with Crippen molar-refractivity contribution in [2.45, 2.75) is 33.1 Å². The molecule has 0 aromatic heterocycles. The lowest BCUT2D eigenvalue weighted by Crippen LogP contribution is -2.25. The van der Waals surface area contributed by atoms with Crippen LogP contribution in [0.4, 0.5) is 18.9 Å². The van der Waals surface area contributed by atoms with E-state index >= 15 is 0 Å². The molecule has 0 amide bonds. The van der Waals surface area contributed by atoms with Crippen LogP contribution in [-0.4, -0.2) is 18.2 Å². The normalized spacial score (nSPS) is 18.9. The number of hydrogen-bond acceptors (Lipinski definition) is 2. The minimum atomic E-state index is -4.40. The van der Waals surface area contributed by atoms with E-state index in [1.54, 1.807) is 11.0 Å². The zero-order chi connectivity index (χ0) is 14.3. The van der Waals surface area contributed by atoms with E-state index in [0.29, 0.717) is 13.1 Å². The maximum Gasteiger partial charge on any atom is 0.418 e. The van der Waals surface area contributed by atoms with Gasteiger partial charge in [0.15, 0.2) is 0 Å².